The van der Waals surface area contributed by atoms with E-state index in [2.05, 4.69) is 115 Å². The van der Waals surface area contributed by atoms with Crippen molar-refractivity contribution in [2.45, 2.75) is 0 Å². The van der Waals surface area contributed by atoms with Gasteiger partial charge in [-0.2, -0.15) is 26.7 Å². The molecule has 0 N–H and O–H groups in total. The predicted molar refractivity (Wildman–Crippen MR) is 87.9 cm³/mol. The van der Waals surface area contributed by atoms with Crippen molar-refractivity contribution in [2.24, 2.45) is 0 Å². The second-order valence-electron chi connectivity index (χ2n) is 6.33. The van der Waals surface area contributed by atoms with Crippen molar-refractivity contribution < 1.29 is 20.4 Å². The second-order valence-corrected chi connectivity index (χ2v) is 6.33. The SMILES string of the molecule is C1=CN2[CH-]N1CN1C=CN([CH-]1)CN1C=CN([CH-]1)CN1C=CN([CH-]1)C2.[Pd]. The summed E-state index contributed by atoms with van der Waals surface area (Å²) < 4.78 is 0. The molecule has 138 valence electrons. The molecule has 0 aromatic heterocycles. The third-order valence-corrected chi connectivity index (χ3v) is 4.29. The predicted octanol–water partition coefficient (Wildman–Crippen LogP) is 0.660. The van der Waals surface area contributed by atoms with Crippen LogP contribution in [0.15, 0.2) is 49.6 Å². The van der Waals surface area contributed by atoms with Crippen LogP contribution in [0.1, 0.15) is 0 Å². The van der Waals surface area contributed by atoms with Crippen LogP contribution in [-0.2, 0) is 20.4 Å². The molecule has 5 rings (SSSR count). The maximum Gasteiger partial charge on any atom is 0.0364 e. The van der Waals surface area contributed by atoms with E-state index >= 15 is 0 Å². The maximum absolute atomic E-state index is 2.18. The molecule has 9 heteroatoms. The Morgan fingerprint density at radius 3 is 0.680 bits per heavy atom. The molecule has 5 aliphatic heterocycles. The van der Waals surface area contributed by atoms with Crippen molar-refractivity contribution >= 4 is 0 Å². The smallest absolute Gasteiger partial charge is 0.0364 e. The van der Waals surface area contributed by atoms with Gasteiger partial charge in [-0.15, -0.1) is 0 Å². The molecule has 0 atom stereocenters. The number of rotatable bonds is 0. The van der Waals surface area contributed by atoms with Gasteiger partial charge in [0.15, 0.2) is 0 Å². The summed E-state index contributed by atoms with van der Waals surface area (Å²) in [6.45, 7) is 11.7. The molecule has 1 fully saturated rings. The molecule has 5 heterocycles. The van der Waals surface area contributed by atoms with Crippen molar-refractivity contribution in [1.82, 2.24) is 39.2 Å². The Hall–Kier alpha value is -1.98. The summed E-state index contributed by atoms with van der Waals surface area (Å²) >= 11 is 0. The van der Waals surface area contributed by atoms with Gasteiger partial charge in [0.05, 0.1) is 0 Å². The average molecular weight is 431 g/mol. The number of nitrogens with zero attached hydrogens (tertiary/aromatic N) is 8. The van der Waals surface area contributed by atoms with Gasteiger partial charge in [0.2, 0.25) is 0 Å². The molecule has 0 amide bonds. The summed E-state index contributed by atoms with van der Waals surface area (Å²) in [4.78, 5) is 17.4. The molecule has 25 heavy (non-hydrogen) atoms. The first-order valence-electron chi connectivity index (χ1n) is 7.99. The largest absolute Gasteiger partial charge is 0.494 e. The summed E-state index contributed by atoms with van der Waals surface area (Å²) in [7, 11) is 0. The Labute approximate surface area is 162 Å². The van der Waals surface area contributed by atoms with E-state index in [0.29, 0.717) is 0 Å². The summed E-state index contributed by atoms with van der Waals surface area (Å²) in [5, 5.41) is 0. The number of fused-ring (bicyclic) bond motifs is 8. The van der Waals surface area contributed by atoms with Gasteiger partial charge in [-0.1, -0.05) is 0 Å². The summed E-state index contributed by atoms with van der Waals surface area (Å²) in [5.41, 5.74) is 0. The van der Waals surface area contributed by atoms with Crippen LogP contribution in [0, 0.1) is 26.7 Å². The molecule has 5 aliphatic rings. The fourth-order valence-electron chi connectivity index (χ4n) is 3.18. The Morgan fingerprint density at radius 1 is 0.360 bits per heavy atom. The molecule has 0 saturated carbocycles. The Morgan fingerprint density at radius 2 is 0.520 bits per heavy atom. The Balaban J connectivity index is 0.00000157. The van der Waals surface area contributed by atoms with E-state index in [0.717, 1.165) is 26.7 Å². The summed E-state index contributed by atoms with van der Waals surface area (Å²) in [6.07, 6.45) is 16.8. The second kappa shape index (κ2) is 6.73. The van der Waals surface area contributed by atoms with E-state index in [1.165, 1.54) is 0 Å². The van der Waals surface area contributed by atoms with Crippen molar-refractivity contribution in [3.63, 3.8) is 0 Å². The first kappa shape index (κ1) is 16.5. The van der Waals surface area contributed by atoms with Gasteiger partial charge in [-0.05, 0) is 49.6 Å². The van der Waals surface area contributed by atoms with Crippen molar-refractivity contribution in [3.8, 4) is 0 Å². The molecule has 0 aromatic carbocycles. The third-order valence-electron chi connectivity index (χ3n) is 4.29. The van der Waals surface area contributed by atoms with E-state index in [1.54, 1.807) is 0 Å². The topological polar surface area (TPSA) is 25.9 Å². The first-order valence-corrected chi connectivity index (χ1v) is 7.99. The molecular formula is C16H20N8Pd-4. The van der Waals surface area contributed by atoms with Crippen LogP contribution >= 0.6 is 0 Å². The number of hydrogen-bond donors (Lipinski definition) is 0. The molecule has 8 nitrogen and oxygen atoms in total. The van der Waals surface area contributed by atoms with Crippen molar-refractivity contribution in [2.75, 3.05) is 26.7 Å². The van der Waals surface area contributed by atoms with Crippen molar-refractivity contribution in [1.29, 1.82) is 0 Å². The standard InChI is InChI=1S/C16H20N8.Pd/c1-2-18-9-17(1)13-19-3-4-21(10-19)15-23-7-8-24(12-23)16-22-6-5-20(11-22)14-18;/h1-12H,13-16H2;/q-4;. The van der Waals surface area contributed by atoms with Gasteiger partial charge < -0.3 is 39.2 Å². The van der Waals surface area contributed by atoms with Crippen LogP contribution in [0.25, 0.3) is 0 Å². The van der Waals surface area contributed by atoms with Gasteiger partial charge >= 0.3 is 0 Å². The van der Waals surface area contributed by atoms with Crippen molar-refractivity contribution in [3.05, 3.63) is 76.3 Å². The van der Waals surface area contributed by atoms with Crippen LogP contribution in [0.3, 0.4) is 0 Å². The minimum absolute atomic E-state index is 0. The molecule has 0 aliphatic carbocycles. The van der Waals surface area contributed by atoms with Crippen LogP contribution < -0.4 is 0 Å². The molecule has 1 saturated heterocycles. The zero-order chi connectivity index (χ0) is 15.9. The van der Waals surface area contributed by atoms with Gasteiger partial charge in [-0.25, -0.2) is 0 Å². The molecule has 0 radical (unpaired) electrons. The minimum Gasteiger partial charge on any atom is -0.494 e. The van der Waals surface area contributed by atoms with E-state index in [9.17, 15) is 0 Å². The maximum atomic E-state index is 2.18. The van der Waals surface area contributed by atoms with E-state index in [-0.39, 0.29) is 20.4 Å². The monoisotopic (exact) mass is 430 g/mol. The van der Waals surface area contributed by atoms with E-state index < -0.39 is 0 Å². The normalized spacial score (nSPS) is 24.3. The fourth-order valence-corrected chi connectivity index (χ4v) is 3.18. The number of hydrogen-bond acceptors (Lipinski definition) is 8. The average Bonchev–Trinajstić information content (AvgIpc) is 3.32. The van der Waals surface area contributed by atoms with E-state index in [4.69, 9.17) is 0 Å². The first-order chi connectivity index (χ1) is 11.8. The van der Waals surface area contributed by atoms with Crippen LogP contribution in [-0.4, -0.2) is 65.9 Å². The van der Waals surface area contributed by atoms with Crippen LogP contribution in [0.5, 0.6) is 0 Å². The van der Waals surface area contributed by atoms with Gasteiger partial charge in [0.25, 0.3) is 0 Å². The fraction of sp³-hybridized carbons (Fsp3) is 0.250. The van der Waals surface area contributed by atoms with Gasteiger partial charge in [0.1, 0.15) is 0 Å². The summed E-state index contributed by atoms with van der Waals surface area (Å²) in [6, 6.07) is 0. The summed E-state index contributed by atoms with van der Waals surface area (Å²) in [5.74, 6) is 0. The minimum atomic E-state index is 0. The van der Waals surface area contributed by atoms with Gasteiger partial charge in [-0.3, -0.25) is 0 Å². The zero-order valence-electron chi connectivity index (χ0n) is 13.7. The van der Waals surface area contributed by atoms with E-state index in [1.807, 2.05) is 0 Å². The molecule has 0 unspecified atom stereocenters. The van der Waals surface area contributed by atoms with Crippen LogP contribution in [0.4, 0.5) is 0 Å². The molecular weight excluding hydrogens is 411 g/mol. The van der Waals surface area contributed by atoms with Gasteiger partial charge in [0, 0.05) is 47.1 Å². The Kier molecular flexibility index (Phi) is 4.44. The molecule has 0 spiro atoms. The molecule has 8 bridgehead atoms. The van der Waals surface area contributed by atoms with Crippen LogP contribution in [0.2, 0.25) is 0 Å². The Bertz CT molecular complexity index is 461. The zero-order valence-corrected chi connectivity index (χ0v) is 15.2. The quantitative estimate of drug-likeness (QED) is 0.408. The third kappa shape index (κ3) is 3.53. The molecule has 0 aromatic rings.